The number of likely N-dealkylation sites (N-methyl/N-ethyl adjacent to an activating group) is 1. The molecular formula is C21H29IN6O2. The van der Waals surface area contributed by atoms with Crippen LogP contribution in [0.2, 0.25) is 0 Å². The van der Waals surface area contributed by atoms with E-state index in [0.29, 0.717) is 26.2 Å². The molecule has 3 rings (SSSR count). The van der Waals surface area contributed by atoms with Crippen LogP contribution in [-0.2, 0) is 19.5 Å². The largest absolute Gasteiger partial charge is 0.492 e. The minimum absolute atomic E-state index is 0. The van der Waals surface area contributed by atoms with E-state index in [1.54, 1.807) is 12.6 Å². The van der Waals surface area contributed by atoms with Crippen molar-refractivity contribution in [3.63, 3.8) is 0 Å². The van der Waals surface area contributed by atoms with Gasteiger partial charge in [-0.1, -0.05) is 25.1 Å². The predicted octanol–water partition coefficient (Wildman–Crippen LogP) is 3.21. The lowest BCUT2D eigenvalue weighted by Crippen LogP contribution is -2.42. The topological polar surface area (TPSA) is 80.7 Å². The van der Waals surface area contributed by atoms with Gasteiger partial charge in [0.15, 0.2) is 5.96 Å². The number of aryl methyl sites for hydroxylation is 1. The van der Waals surface area contributed by atoms with Gasteiger partial charge in [-0.25, -0.2) is 4.99 Å². The van der Waals surface area contributed by atoms with Crippen molar-refractivity contribution in [3.05, 3.63) is 66.6 Å². The number of guanidine groups is 1. The first kappa shape index (κ1) is 23.7. The highest BCUT2D eigenvalue weighted by Gasteiger charge is 2.08. The van der Waals surface area contributed by atoms with Gasteiger partial charge in [-0.15, -0.1) is 34.2 Å². The van der Waals surface area contributed by atoms with Crippen LogP contribution in [0.15, 0.2) is 64.5 Å². The van der Waals surface area contributed by atoms with E-state index < -0.39 is 0 Å². The van der Waals surface area contributed by atoms with Crippen molar-refractivity contribution in [3.8, 4) is 5.75 Å². The van der Waals surface area contributed by atoms with Crippen LogP contribution < -0.4 is 10.1 Å². The molecular weight excluding hydrogens is 495 g/mol. The zero-order valence-corrected chi connectivity index (χ0v) is 19.7. The minimum atomic E-state index is 0. The molecule has 2 aromatic heterocycles. The number of hydrogen-bond donors (Lipinski definition) is 1. The SMILES string of the molecule is CCc1nncn1CCNC(=NCc1ccco1)N(C)CCOc1ccccc1.I. The molecule has 0 atom stereocenters. The number of furan rings is 1. The van der Waals surface area contributed by atoms with Crippen LogP contribution in [0.25, 0.3) is 0 Å². The predicted molar refractivity (Wildman–Crippen MR) is 127 cm³/mol. The molecule has 8 nitrogen and oxygen atoms in total. The molecule has 0 spiro atoms. The monoisotopic (exact) mass is 524 g/mol. The first-order valence-electron chi connectivity index (χ1n) is 9.82. The molecule has 0 radical (unpaired) electrons. The quantitative estimate of drug-likeness (QED) is 0.249. The summed E-state index contributed by atoms with van der Waals surface area (Å²) < 4.78 is 13.3. The van der Waals surface area contributed by atoms with Crippen LogP contribution in [0.5, 0.6) is 5.75 Å². The average Bonchev–Trinajstić information content (AvgIpc) is 3.43. The highest BCUT2D eigenvalue weighted by Crippen LogP contribution is 2.08. The van der Waals surface area contributed by atoms with E-state index in [1.807, 2.05) is 49.5 Å². The fourth-order valence-electron chi connectivity index (χ4n) is 2.82. The molecule has 3 aromatic rings. The van der Waals surface area contributed by atoms with E-state index in [9.17, 15) is 0 Å². The Morgan fingerprint density at radius 2 is 2.07 bits per heavy atom. The third kappa shape index (κ3) is 7.36. The molecule has 0 bridgehead atoms. The van der Waals surface area contributed by atoms with Crippen LogP contribution >= 0.6 is 24.0 Å². The summed E-state index contributed by atoms with van der Waals surface area (Å²) in [6, 6.07) is 13.6. The molecule has 30 heavy (non-hydrogen) atoms. The summed E-state index contributed by atoms with van der Waals surface area (Å²) in [5.74, 6) is 3.46. The standard InChI is InChI=1S/C21H28N6O2.HI/c1-3-20-25-24-17-27(20)12-11-22-21(23-16-19-10-7-14-28-19)26(2)13-15-29-18-8-5-4-6-9-18;/h4-10,14,17H,3,11-13,15-16H2,1-2H3,(H,22,23);1H. The van der Waals surface area contributed by atoms with Gasteiger partial charge >= 0.3 is 0 Å². The molecule has 0 fully saturated rings. The van der Waals surface area contributed by atoms with Crippen molar-refractivity contribution >= 4 is 29.9 Å². The number of benzene rings is 1. The Labute approximate surface area is 194 Å². The second-order valence-electron chi connectivity index (χ2n) is 6.52. The second-order valence-corrected chi connectivity index (χ2v) is 6.52. The maximum Gasteiger partial charge on any atom is 0.194 e. The lowest BCUT2D eigenvalue weighted by atomic mass is 10.3. The van der Waals surface area contributed by atoms with Crippen molar-refractivity contribution in [1.29, 1.82) is 0 Å². The van der Waals surface area contributed by atoms with Gasteiger partial charge in [0.05, 0.1) is 12.8 Å². The molecule has 0 saturated heterocycles. The highest BCUT2D eigenvalue weighted by atomic mass is 127. The summed E-state index contributed by atoms with van der Waals surface area (Å²) in [6.07, 6.45) is 4.28. The third-order valence-electron chi connectivity index (χ3n) is 4.41. The Kier molecular flexibility index (Phi) is 10.2. The molecule has 2 heterocycles. The van der Waals surface area contributed by atoms with Crippen molar-refractivity contribution in [2.75, 3.05) is 26.7 Å². The first-order chi connectivity index (χ1) is 14.3. The molecule has 0 aliphatic heterocycles. The number of para-hydroxylation sites is 1. The average molecular weight is 524 g/mol. The van der Waals surface area contributed by atoms with Gasteiger partial charge in [-0.05, 0) is 24.3 Å². The van der Waals surface area contributed by atoms with Gasteiger partial charge in [0.1, 0.15) is 36.8 Å². The Hall–Kier alpha value is -2.56. The number of nitrogens with zero attached hydrogens (tertiary/aromatic N) is 5. The molecule has 0 aliphatic rings. The maximum absolute atomic E-state index is 5.81. The Balaban J connectivity index is 0.00000320. The number of ether oxygens (including phenoxy) is 1. The molecule has 0 unspecified atom stereocenters. The molecule has 162 valence electrons. The molecule has 9 heteroatoms. The second kappa shape index (κ2) is 12.9. The van der Waals surface area contributed by atoms with Gasteiger partial charge in [-0.3, -0.25) is 0 Å². The zero-order valence-electron chi connectivity index (χ0n) is 17.4. The number of aromatic nitrogens is 3. The number of rotatable bonds is 10. The molecule has 0 amide bonds. The van der Waals surface area contributed by atoms with Crippen molar-refractivity contribution in [2.24, 2.45) is 4.99 Å². The Morgan fingerprint density at radius 1 is 1.23 bits per heavy atom. The lowest BCUT2D eigenvalue weighted by Gasteiger charge is -2.22. The number of nitrogens with one attached hydrogen (secondary N) is 1. The summed E-state index contributed by atoms with van der Waals surface area (Å²) in [6.45, 7) is 5.30. The van der Waals surface area contributed by atoms with E-state index in [4.69, 9.17) is 14.1 Å². The smallest absolute Gasteiger partial charge is 0.194 e. The Morgan fingerprint density at radius 3 is 2.80 bits per heavy atom. The molecule has 0 saturated carbocycles. The van der Waals surface area contributed by atoms with Gasteiger partial charge in [-0.2, -0.15) is 0 Å². The summed E-state index contributed by atoms with van der Waals surface area (Å²) >= 11 is 0. The summed E-state index contributed by atoms with van der Waals surface area (Å²) in [5.41, 5.74) is 0. The maximum atomic E-state index is 5.81. The molecule has 1 aromatic carbocycles. The number of aliphatic imine (C=N–C) groups is 1. The van der Waals surface area contributed by atoms with E-state index >= 15 is 0 Å². The normalized spacial score (nSPS) is 11.1. The molecule has 0 aliphatic carbocycles. The highest BCUT2D eigenvalue weighted by molar-refractivity contribution is 14.0. The van der Waals surface area contributed by atoms with E-state index in [-0.39, 0.29) is 24.0 Å². The third-order valence-corrected chi connectivity index (χ3v) is 4.41. The van der Waals surface area contributed by atoms with E-state index in [1.165, 1.54) is 0 Å². The van der Waals surface area contributed by atoms with Crippen LogP contribution in [0.3, 0.4) is 0 Å². The van der Waals surface area contributed by atoms with Gasteiger partial charge in [0.2, 0.25) is 0 Å². The Bertz CT molecular complexity index is 867. The summed E-state index contributed by atoms with van der Waals surface area (Å²) in [5, 5.41) is 11.5. The van der Waals surface area contributed by atoms with Crippen LogP contribution in [0.4, 0.5) is 0 Å². The van der Waals surface area contributed by atoms with Gasteiger partial charge in [0.25, 0.3) is 0 Å². The number of hydrogen-bond acceptors (Lipinski definition) is 5. The van der Waals surface area contributed by atoms with Crippen LogP contribution in [0.1, 0.15) is 18.5 Å². The lowest BCUT2D eigenvalue weighted by molar-refractivity contribution is 0.281. The van der Waals surface area contributed by atoms with Crippen molar-refractivity contribution in [2.45, 2.75) is 26.4 Å². The van der Waals surface area contributed by atoms with Crippen LogP contribution in [-0.4, -0.2) is 52.4 Å². The van der Waals surface area contributed by atoms with Crippen molar-refractivity contribution < 1.29 is 9.15 Å². The fourth-order valence-corrected chi connectivity index (χ4v) is 2.82. The zero-order chi connectivity index (χ0) is 20.3. The van der Waals surface area contributed by atoms with Crippen LogP contribution in [0, 0.1) is 0 Å². The minimum Gasteiger partial charge on any atom is -0.492 e. The van der Waals surface area contributed by atoms with E-state index in [0.717, 1.165) is 36.3 Å². The summed E-state index contributed by atoms with van der Waals surface area (Å²) in [4.78, 5) is 6.75. The number of halogens is 1. The fraction of sp³-hybridized carbons (Fsp3) is 0.381. The van der Waals surface area contributed by atoms with Crippen molar-refractivity contribution in [1.82, 2.24) is 25.0 Å². The van der Waals surface area contributed by atoms with E-state index in [2.05, 4.69) is 31.9 Å². The molecule has 1 N–H and O–H groups in total. The first-order valence-corrected chi connectivity index (χ1v) is 9.82. The summed E-state index contributed by atoms with van der Waals surface area (Å²) in [7, 11) is 2.00. The van der Waals surface area contributed by atoms with Gasteiger partial charge < -0.3 is 23.9 Å². The van der Waals surface area contributed by atoms with Gasteiger partial charge in [0, 0.05) is 26.6 Å².